The van der Waals surface area contributed by atoms with Crippen molar-refractivity contribution < 1.29 is 9.59 Å². The highest BCUT2D eigenvalue weighted by molar-refractivity contribution is 7.98. The number of thioether (sulfide) groups is 1. The SMILES string of the molecule is CSc1ccc(/C=C(/NC(=O)c2ccc(C)cc2)C(=O)NCCc2c[nH]c3ccccc23)cc1. The van der Waals surface area contributed by atoms with Gasteiger partial charge in [-0.2, -0.15) is 0 Å². The quantitative estimate of drug-likeness (QED) is 0.241. The highest BCUT2D eigenvalue weighted by atomic mass is 32.2. The maximum absolute atomic E-state index is 13.1. The molecule has 4 rings (SSSR count). The first-order valence-electron chi connectivity index (χ1n) is 11.1. The number of aromatic amines is 1. The lowest BCUT2D eigenvalue weighted by Crippen LogP contribution is -2.35. The topological polar surface area (TPSA) is 74.0 Å². The van der Waals surface area contributed by atoms with Crippen molar-refractivity contribution in [2.24, 2.45) is 0 Å². The molecule has 172 valence electrons. The van der Waals surface area contributed by atoms with Crippen molar-refractivity contribution in [1.82, 2.24) is 15.6 Å². The van der Waals surface area contributed by atoms with Gasteiger partial charge in [-0.25, -0.2) is 0 Å². The fraction of sp³-hybridized carbons (Fsp3) is 0.143. The molecule has 0 atom stereocenters. The number of hydrogen-bond donors (Lipinski definition) is 3. The van der Waals surface area contributed by atoms with Gasteiger partial charge in [0.05, 0.1) is 0 Å². The van der Waals surface area contributed by atoms with Crippen LogP contribution in [0.15, 0.2) is 89.6 Å². The van der Waals surface area contributed by atoms with Gasteiger partial charge >= 0.3 is 0 Å². The summed E-state index contributed by atoms with van der Waals surface area (Å²) in [5.41, 5.74) is 4.82. The van der Waals surface area contributed by atoms with Gasteiger partial charge in [0.15, 0.2) is 0 Å². The zero-order valence-electron chi connectivity index (χ0n) is 19.2. The second kappa shape index (κ2) is 10.9. The van der Waals surface area contributed by atoms with Gasteiger partial charge in [-0.1, -0.05) is 48.0 Å². The minimum Gasteiger partial charge on any atom is -0.361 e. The third kappa shape index (κ3) is 5.77. The van der Waals surface area contributed by atoms with Gasteiger partial charge in [0.2, 0.25) is 0 Å². The maximum atomic E-state index is 13.1. The first-order valence-corrected chi connectivity index (χ1v) is 12.3. The van der Waals surface area contributed by atoms with E-state index in [1.807, 2.05) is 74.0 Å². The monoisotopic (exact) mass is 469 g/mol. The van der Waals surface area contributed by atoms with Crippen LogP contribution < -0.4 is 10.6 Å². The Bertz CT molecular complexity index is 1320. The number of carbonyl (C=O) groups is 2. The third-order valence-corrected chi connectivity index (χ3v) is 6.33. The Morgan fingerprint density at radius 1 is 0.971 bits per heavy atom. The summed E-state index contributed by atoms with van der Waals surface area (Å²) in [4.78, 5) is 30.3. The molecule has 1 heterocycles. The molecule has 0 fully saturated rings. The lowest BCUT2D eigenvalue weighted by atomic mass is 10.1. The first kappa shape index (κ1) is 23.4. The van der Waals surface area contributed by atoms with Gasteiger partial charge < -0.3 is 15.6 Å². The molecule has 0 spiro atoms. The minimum atomic E-state index is -0.325. The standard InChI is InChI=1S/C28H27N3O2S/c1-19-7-11-21(12-8-19)27(32)31-26(17-20-9-13-23(34-2)14-10-20)28(33)29-16-15-22-18-30-25-6-4-3-5-24(22)25/h3-14,17-18,30H,15-16H2,1-2H3,(H,29,33)(H,31,32)/b26-17+. The van der Waals surface area contributed by atoms with E-state index in [1.165, 1.54) is 0 Å². The van der Waals surface area contributed by atoms with Gasteiger partial charge in [-0.05, 0) is 67.1 Å². The van der Waals surface area contributed by atoms with Crippen molar-refractivity contribution in [1.29, 1.82) is 0 Å². The summed E-state index contributed by atoms with van der Waals surface area (Å²) in [7, 11) is 0. The molecule has 0 saturated carbocycles. The number of amides is 2. The van der Waals surface area contributed by atoms with E-state index in [2.05, 4.69) is 21.7 Å². The largest absolute Gasteiger partial charge is 0.361 e. The molecule has 2 amide bonds. The Labute approximate surface area is 203 Å². The van der Waals surface area contributed by atoms with E-state index >= 15 is 0 Å². The van der Waals surface area contributed by atoms with Crippen LogP contribution in [0.3, 0.4) is 0 Å². The molecular formula is C28H27N3O2S. The molecule has 0 aliphatic heterocycles. The number of aryl methyl sites for hydroxylation is 1. The zero-order chi connectivity index (χ0) is 23.9. The molecule has 0 aliphatic rings. The average Bonchev–Trinajstić information content (AvgIpc) is 3.27. The average molecular weight is 470 g/mol. The van der Waals surface area contributed by atoms with Crippen LogP contribution in [0.4, 0.5) is 0 Å². The van der Waals surface area contributed by atoms with Crippen LogP contribution in [0.5, 0.6) is 0 Å². The van der Waals surface area contributed by atoms with Crippen LogP contribution in [0, 0.1) is 6.92 Å². The highest BCUT2D eigenvalue weighted by Gasteiger charge is 2.15. The van der Waals surface area contributed by atoms with Crippen molar-refractivity contribution in [3.8, 4) is 0 Å². The number of benzene rings is 3. The Hall–Kier alpha value is -3.77. The van der Waals surface area contributed by atoms with Gasteiger partial charge in [-0.15, -0.1) is 11.8 Å². The number of fused-ring (bicyclic) bond motifs is 1. The van der Waals surface area contributed by atoms with Crippen molar-refractivity contribution in [3.05, 3.63) is 107 Å². The molecule has 3 N–H and O–H groups in total. The lowest BCUT2D eigenvalue weighted by molar-refractivity contribution is -0.117. The normalized spacial score (nSPS) is 11.4. The van der Waals surface area contributed by atoms with Crippen LogP contribution >= 0.6 is 11.8 Å². The maximum Gasteiger partial charge on any atom is 0.267 e. The molecule has 1 aromatic heterocycles. The number of aromatic nitrogens is 1. The summed E-state index contributed by atoms with van der Waals surface area (Å²) in [5.74, 6) is -0.645. The predicted molar refractivity (Wildman–Crippen MR) is 140 cm³/mol. The second-order valence-electron chi connectivity index (χ2n) is 8.02. The number of para-hydroxylation sites is 1. The van der Waals surface area contributed by atoms with Gasteiger partial charge in [0.1, 0.15) is 5.70 Å². The molecule has 0 bridgehead atoms. The molecule has 0 saturated heterocycles. The zero-order valence-corrected chi connectivity index (χ0v) is 20.0. The van der Waals surface area contributed by atoms with Crippen molar-refractivity contribution in [3.63, 3.8) is 0 Å². The minimum absolute atomic E-state index is 0.210. The summed E-state index contributed by atoms with van der Waals surface area (Å²) in [6.07, 6.45) is 6.37. The Kier molecular flexibility index (Phi) is 7.50. The van der Waals surface area contributed by atoms with Crippen molar-refractivity contribution in [2.45, 2.75) is 18.2 Å². The first-order chi connectivity index (χ1) is 16.5. The molecule has 0 aliphatic carbocycles. The highest BCUT2D eigenvalue weighted by Crippen LogP contribution is 2.18. The smallest absolute Gasteiger partial charge is 0.267 e. The van der Waals surface area contributed by atoms with E-state index in [9.17, 15) is 9.59 Å². The van der Waals surface area contributed by atoms with Crippen LogP contribution in [0.25, 0.3) is 17.0 Å². The third-order valence-electron chi connectivity index (χ3n) is 5.59. The lowest BCUT2D eigenvalue weighted by Gasteiger charge is -2.12. The summed E-state index contributed by atoms with van der Waals surface area (Å²) in [6.45, 7) is 2.41. The summed E-state index contributed by atoms with van der Waals surface area (Å²) >= 11 is 1.65. The van der Waals surface area contributed by atoms with Crippen LogP contribution in [0.1, 0.15) is 27.0 Å². The summed E-state index contributed by atoms with van der Waals surface area (Å²) in [6, 6.07) is 23.2. The van der Waals surface area contributed by atoms with E-state index in [1.54, 1.807) is 30.0 Å². The van der Waals surface area contributed by atoms with Gasteiger partial charge in [0, 0.05) is 34.1 Å². The van der Waals surface area contributed by atoms with Crippen molar-refractivity contribution in [2.75, 3.05) is 12.8 Å². The van der Waals surface area contributed by atoms with E-state index in [0.29, 0.717) is 18.5 Å². The Morgan fingerprint density at radius 2 is 1.71 bits per heavy atom. The number of nitrogens with one attached hydrogen (secondary N) is 3. The number of H-pyrrole nitrogens is 1. The number of carbonyl (C=O) groups excluding carboxylic acids is 2. The molecule has 3 aromatic carbocycles. The van der Waals surface area contributed by atoms with Crippen LogP contribution in [0.2, 0.25) is 0 Å². The molecule has 5 nitrogen and oxygen atoms in total. The Morgan fingerprint density at radius 3 is 2.44 bits per heavy atom. The predicted octanol–water partition coefficient (Wildman–Crippen LogP) is 5.33. The van der Waals surface area contributed by atoms with Gasteiger partial charge in [0.25, 0.3) is 11.8 Å². The van der Waals surface area contributed by atoms with E-state index in [-0.39, 0.29) is 17.5 Å². The van der Waals surface area contributed by atoms with E-state index < -0.39 is 0 Å². The summed E-state index contributed by atoms with van der Waals surface area (Å²) in [5, 5.41) is 6.90. The Balaban J connectivity index is 1.49. The van der Waals surface area contributed by atoms with Crippen LogP contribution in [-0.2, 0) is 11.2 Å². The van der Waals surface area contributed by atoms with Crippen molar-refractivity contribution >= 4 is 40.6 Å². The second-order valence-corrected chi connectivity index (χ2v) is 8.90. The fourth-order valence-corrected chi connectivity index (χ4v) is 4.08. The summed E-state index contributed by atoms with van der Waals surface area (Å²) < 4.78 is 0. The fourth-order valence-electron chi connectivity index (χ4n) is 3.67. The molecule has 6 heteroatoms. The van der Waals surface area contributed by atoms with Gasteiger partial charge in [-0.3, -0.25) is 9.59 Å². The molecular weight excluding hydrogens is 442 g/mol. The van der Waals surface area contributed by atoms with Crippen LogP contribution in [-0.4, -0.2) is 29.6 Å². The number of rotatable bonds is 8. The molecule has 0 unspecified atom stereocenters. The molecule has 34 heavy (non-hydrogen) atoms. The van der Waals surface area contributed by atoms with E-state index in [4.69, 9.17) is 0 Å². The number of hydrogen-bond acceptors (Lipinski definition) is 3. The molecule has 4 aromatic rings. The van der Waals surface area contributed by atoms with E-state index in [0.717, 1.165) is 32.5 Å². The molecule has 0 radical (unpaired) electrons.